The van der Waals surface area contributed by atoms with E-state index < -0.39 is 0 Å². The first kappa shape index (κ1) is 17.5. The van der Waals surface area contributed by atoms with E-state index in [1.807, 2.05) is 0 Å². The molecule has 0 heterocycles. The summed E-state index contributed by atoms with van der Waals surface area (Å²) in [6.07, 6.45) is 8.40. The number of nitrogens with zero attached hydrogens (tertiary/aromatic N) is 1. The topological polar surface area (TPSA) is 3.24 Å². The van der Waals surface area contributed by atoms with E-state index in [0.29, 0.717) is 0 Å². The lowest BCUT2D eigenvalue weighted by Gasteiger charge is -2.11. The Morgan fingerprint density at radius 3 is 2.17 bits per heavy atom. The van der Waals surface area contributed by atoms with Gasteiger partial charge in [-0.1, -0.05) is 66.7 Å². The molecule has 2 rings (SSSR count). The summed E-state index contributed by atoms with van der Waals surface area (Å²) in [7, 11) is 4.27. The Hall–Kier alpha value is -1.86. The van der Waals surface area contributed by atoms with Crippen LogP contribution in [0, 0.1) is 0 Å². The third-order valence-corrected chi connectivity index (χ3v) is 4.12. The maximum atomic E-state index is 2.43. The molecule has 2 aromatic rings. The predicted octanol–water partition coefficient (Wildman–Crippen LogP) is 5.43. The van der Waals surface area contributed by atoms with E-state index in [-0.39, 0.29) is 0 Å². The van der Waals surface area contributed by atoms with E-state index in [9.17, 15) is 0 Å². The van der Waals surface area contributed by atoms with Gasteiger partial charge in [0, 0.05) is 6.54 Å². The van der Waals surface area contributed by atoms with Crippen molar-refractivity contribution in [1.29, 1.82) is 0 Å². The minimum atomic E-state index is 1.11. The molecule has 23 heavy (non-hydrogen) atoms. The van der Waals surface area contributed by atoms with E-state index in [0.717, 1.165) is 13.0 Å². The lowest BCUT2D eigenvalue weighted by atomic mass is 9.97. The van der Waals surface area contributed by atoms with Crippen LogP contribution in [0.2, 0.25) is 0 Å². The van der Waals surface area contributed by atoms with Crippen molar-refractivity contribution >= 4 is 5.57 Å². The van der Waals surface area contributed by atoms with Gasteiger partial charge in [0.1, 0.15) is 0 Å². The van der Waals surface area contributed by atoms with Gasteiger partial charge < -0.3 is 4.90 Å². The molecule has 1 heteroatoms. The lowest BCUT2D eigenvalue weighted by Crippen LogP contribution is -2.12. The molecule has 0 radical (unpaired) electrons. The Morgan fingerprint density at radius 1 is 0.870 bits per heavy atom. The van der Waals surface area contributed by atoms with Gasteiger partial charge in [0.15, 0.2) is 0 Å². The summed E-state index contributed by atoms with van der Waals surface area (Å²) < 4.78 is 0. The van der Waals surface area contributed by atoms with E-state index in [1.165, 1.54) is 42.4 Å². The van der Waals surface area contributed by atoms with Crippen LogP contribution in [0.4, 0.5) is 0 Å². The van der Waals surface area contributed by atoms with Crippen LogP contribution < -0.4 is 0 Å². The van der Waals surface area contributed by atoms with Gasteiger partial charge >= 0.3 is 0 Å². The summed E-state index contributed by atoms with van der Waals surface area (Å²) in [5, 5.41) is 0. The molecule has 1 nitrogen and oxygen atoms in total. The average Bonchev–Trinajstić information content (AvgIpc) is 2.58. The molecular weight excluding hydrogens is 278 g/mol. The van der Waals surface area contributed by atoms with Crippen molar-refractivity contribution in [3.05, 3.63) is 77.9 Å². The van der Waals surface area contributed by atoms with Crippen molar-refractivity contribution in [2.45, 2.75) is 32.1 Å². The Bertz CT molecular complexity index is 569. The SMILES string of the molecule is CN(C)CC/C=C(/CCCCc1ccccc1)c1ccccc1. The zero-order valence-electron chi connectivity index (χ0n) is 14.5. The molecule has 122 valence electrons. The second-order valence-corrected chi connectivity index (χ2v) is 6.38. The Morgan fingerprint density at radius 2 is 1.52 bits per heavy atom. The highest BCUT2D eigenvalue weighted by molar-refractivity contribution is 5.65. The monoisotopic (exact) mass is 307 g/mol. The first-order valence-electron chi connectivity index (χ1n) is 8.69. The largest absolute Gasteiger partial charge is 0.309 e. The van der Waals surface area contributed by atoms with Gasteiger partial charge in [0.2, 0.25) is 0 Å². The molecular formula is C22H29N. The number of allylic oxidation sites excluding steroid dienone is 1. The first-order chi connectivity index (χ1) is 11.3. The summed E-state index contributed by atoms with van der Waals surface area (Å²) in [4.78, 5) is 2.24. The highest BCUT2D eigenvalue weighted by atomic mass is 15.0. The van der Waals surface area contributed by atoms with E-state index in [4.69, 9.17) is 0 Å². The quantitative estimate of drug-likeness (QED) is 0.558. The van der Waals surface area contributed by atoms with Crippen molar-refractivity contribution in [2.75, 3.05) is 20.6 Å². The van der Waals surface area contributed by atoms with Crippen LogP contribution >= 0.6 is 0 Å². The van der Waals surface area contributed by atoms with Gasteiger partial charge in [-0.05, 0) is 62.9 Å². The fourth-order valence-electron chi connectivity index (χ4n) is 2.80. The van der Waals surface area contributed by atoms with Crippen LogP contribution in [-0.4, -0.2) is 25.5 Å². The molecule has 0 amide bonds. The minimum Gasteiger partial charge on any atom is -0.309 e. The Kier molecular flexibility index (Phi) is 7.62. The van der Waals surface area contributed by atoms with Crippen LogP contribution in [0.3, 0.4) is 0 Å². The van der Waals surface area contributed by atoms with Gasteiger partial charge in [0.25, 0.3) is 0 Å². The molecule has 0 saturated heterocycles. The normalized spacial score (nSPS) is 11.9. The average molecular weight is 307 g/mol. The number of hydrogen-bond donors (Lipinski definition) is 0. The minimum absolute atomic E-state index is 1.11. The zero-order chi connectivity index (χ0) is 16.3. The lowest BCUT2D eigenvalue weighted by molar-refractivity contribution is 0.417. The molecule has 0 unspecified atom stereocenters. The standard InChI is InChI=1S/C22H29N/c1-23(2)19-11-18-22(21-15-7-4-8-16-21)17-10-9-14-20-12-5-3-6-13-20/h3-8,12-13,15-16,18H,9-11,14,17,19H2,1-2H3/b22-18-. The Labute approximate surface area is 141 Å². The summed E-state index contributed by atoms with van der Waals surface area (Å²) in [5.41, 5.74) is 4.33. The Balaban J connectivity index is 1.87. The van der Waals surface area contributed by atoms with Crippen molar-refractivity contribution < 1.29 is 0 Å². The molecule has 0 aliphatic rings. The number of rotatable bonds is 9. The maximum Gasteiger partial charge on any atom is 0.00100 e. The zero-order valence-corrected chi connectivity index (χ0v) is 14.5. The molecule has 0 N–H and O–H groups in total. The molecule has 0 saturated carbocycles. The molecule has 0 atom stereocenters. The van der Waals surface area contributed by atoms with Gasteiger partial charge in [-0.2, -0.15) is 0 Å². The highest BCUT2D eigenvalue weighted by Crippen LogP contribution is 2.22. The highest BCUT2D eigenvalue weighted by Gasteiger charge is 2.02. The smallest absolute Gasteiger partial charge is 0.00100 e. The van der Waals surface area contributed by atoms with Crippen molar-refractivity contribution in [3.8, 4) is 0 Å². The van der Waals surface area contributed by atoms with Crippen LogP contribution in [0.25, 0.3) is 5.57 Å². The molecule has 2 aromatic carbocycles. The third kappa shape index (κ3) is 6.83. The van der Waals surface area contributed by atoms with E-state index in [2.05, 4.69) is 85.7 Å². The van der Waals surface area contributed by atoms with Crippen LogP contribution in [0.1, 0.15) is 36.8 Å². The predicted molar refractivity (Wildman–Crippen MR) is 102 cm³/mol. The maximum absolute atomic E-state index is 2.43. The molecule has 0 spiro atoms. The van der Waals surface area contributed by atoms with Crippen LogP contribution in [-0.2, 0) is 6.42 Å². The van der Waals surface area contributed by atoms with Crippen molar-refractivity contribution in [1.82, 2.24) is 4.90 Å². The summed E-state index contributed by atoms with van der Waals surface area (Å²) in [6.45, 7) is 1.11. The summed E-state index contributed by atoms with van der Waals surface area (Å²) >= 11 is 0. The van der Waals surface area contributed by atoms with E-state index >= 15 is 0 Å². The summed E-state index contributed by atoms with van der Waals surface area (Å²) in [6, 6.07) is 21.6. The molecule has 0 aromatic heterocycles. The number of hydrogen-bond acceptors (Lipinski definition) is 1. The van der Waals surface area contributed by atoms with Crippen molar-refractivity contribution in [2.24, 2.45) is 0 Å². The van der Waals surface area contributed by atoms with Gasteiger partial charge in [0.05, 0.1) is 0 Å². The van der Waals surface area contributed by atoms with Gasteiger partial charge in [-0.15, -0.1) is 0 Å². The van der Waals surface area contributed by atoms with Gasteiger partial charge in [-0.25, -0.2) is 0 Å². The summed E-state index contributed by atoms with van der Waals surface area (Å²) in [5.74, 6) is 0. The number of benzene rings is 2. The fourth-order valence-corrected chi connectivity index (χ4v) is 2.80. The molecule has 0 aliphatic carbocycles. The van der Waals surface area contributed by atoms with Crippen LogP contribution in [0.5, 0.6) is 0 Å². The van der Waals surface area contributed by atoms with Gasteiger partial charge in [-0.3, -0.25) is 0 Å². The third-order valence-electron chi connectivity index (χ3n) is 4.12. The molecule has 0 bridgehead atoms. The molecule has 0 fully saturated rings. The van der Waals surface area contributed by atoms with Crippen molar-refractivity contribution in [3.63, 3.8) is 0 Å². The van der Waals surface area contributed by atoms with E-state index in [1.54, 1.807) is 0 Å². The number of unbranched alkanes of at least 4 members (excludes halogenated alkanes) is 1. The number of aryl methyl sites for hydroxylation is 1. The molecule has 0 aliphatic heterocycles. The first-order valence-corrected chi connectivity index (χ1v) is 8.69. The second kappa shape index (κ2) is 10.0. The fraction of sp³-hybridized carbons (Fsp3) is 0.364. The van der Waals surface area contributed by atoms with Crippen LogP contribution in [0.15, 0.2) is 66.7 Å². The second-order valence-electron chi connectivity index (χ2n) is 6.38.